The van der Waals surface area contributed by atoms with E-state index in [0.29, 0.717) is 0 Å². The van der Waals surface area contributed by atoms with Crippen LogP contribution in [0.2, 0.25) is 0 Å². The molecule has 0 aliphatic carbocycles. The largest absolute Gasteiger partial charge is 0.480 e. The molecule has 0 aromatic heterocycles. The normalized spacial score (nSPS) is 13.2. The second kappa shape index (κ2) is 5.63. The third-order valence-electron chi connectivity index (χ3n) is 1.45. The Labute approximate surface area is 86.2 Å². The summed E-state index contributed by atoms with van der Waals surface area (Å²) in [6.07, 6.45) is -0.324. The van der Waals surface area contributed by atoms with Gasteiger partial charge in [0.05, 0.1) is 0 Å². The van der Waals surface area contributed by atoms with Crippen LogP contribution >= 0.6 is 0 Å². The van der Waals surface area contributed by atoms with Crippen molar-refractivity contribution in [2.75, 3.05) is 5.88 Å². The Morgan fingerprint density at radius 1 is 1.40 bits per heavy atom. The highest BCUT2D eigenvalue weighted by atomic mass is 32.2. The highest BCUT2D eigenvalue weighted by Crippen LogP contribution is 1.94. The molecule has 0 saturated carbocycles. The van der Waals surface area contributed by atoms with Crippen LogP contribution in [0.5, 0.6) is 0 Å². The van der Waals surface area contributed by atoms with Gasteiger partial charge in [0, 0.05) is 6.42 Å². The van der Waals surface area contributed by atoms with Crippen molar-refractivity contribution in [3.63, 3.8) is 0 Å². The number of nitrogens with two attached hydrogens (primary N) is 1. The summed E-state index contributed by atoms with van der Waals surface area (Å²) in [4.78, 5) is 21.1. The zero-order chi connectivity index (χ0) is 12.1. The van der Waals surface area contributed by atoms with Crippen molar-refractivity contribution >= 4 is 22.0 Å². The lowest BCUT2D eigenvalue weighted by atomic mass is 10.1. The predicted octanol–water partition coefficient (Wildman–Crippen LogP) is -1.86. The van der Waals surface area contributed by atoms with Crippen molar-refractivity contribution in [1.29, 1.82) is 0 Å². The molecule has 0 aliphatic rings. The van der Waals surface area contributed by atoms with Crippen LogP contribution in [0.15, 0.2) is 0 Å². The number of carbonyl (C=O) groups is 2. The van der Waals surface area contributed by atoms with Crippen molar-refractivity contribution in [2.24, 2.45) is 5.73 Å². The third kappa shape index (κ3) is 7.85. The second-order valence-electron chi connectivity index (χ2n) is 2.81. The average molecular weight is 240 g/mol. The van der Waals surface area contributed by atoms with E-state index < -0.39 is 33.9 Å². The maximum atomic E-state index is 10.9. The smallest absolute Gasteiger partial charge is 0.320 e. The number of nitrogens with one attached hydrogen (secondary N) is 1. The summed E-state index contributed by atoms with van der Waals surface area (Å²) in [5.41, 5.74) is 5.10. The van der Waals surface area contributed by atoms with Gasteiger partial charge in [-0.25, -0.2) is 0 Å². The summed E-state index contributed by atoms with van der Waals surface area (Å²) in [6.45, 7) is 0. The molecule has 0 saturated heterocycles. The average Bonchev–Trinajstić information content (AvgIpc) is 2.09. The van der Waals surface area contributed by atoms with Gasteiger partial charge in [0.1, 0.15) is 11.9 Å². The van der Waals surface area contributed by atoms with Crippen molar-refractivity contribution in [1.82, 2.24) is 5.32 Å². The van der Waals surface area contributed by atoms with Crippen LogP contribution in [0.3, 0.4) is 0 Å². The van der Waals surface area contributed by atoms with Gasteiger partial charge in [-0.2, -0.15) is 8.42 Å². The molecular formula is C6H12N2O6S. The fourth-order valence-corrected chi connectivity index (χ4v) is 1.01. The van der Waals surface area contributed by atoms with E-state index in [1.807, 2.05) is 5.32 Å². The number of hydrogen-bond donors (Lipinski definition) is 4. The van der Waals surface area contributed by atoms with Crippen molar-refractivity contribution in [3.8, 4) is 0 Å². The predicted molar refractivity (Wildman–Crippen MR) is 49.4 cm³/mol. The van der Waals surface area contributed by atoms with E-state index in [1.54, 1.807) is 0 Å². The lowest BCUT2D eigenvalue weighted by Crippen LogP contribution is -2.34. The lowest BCUT2D eigenvalue weighted by Gasteiger charge is -2.05. The zero-order valence-electron chi connectivity index (χ0n) is 7.71. The molecular weight excluding hydrogens is 228 g/mol. The van der Waals surface area contributed by atoms with Crippen LogP contribution in [0, 0.1) is 0 Å². The van der Waals surface area contributed by atoms with E-state index in [1.165, 1.54) is 0 Å². The lowest BCUT2D eigenvalue weighted by molar-refractivity contribution is -0.138. The van der Waals surface area contributed by atoms with Gasteiger partial charge in [-0.1, -0.05) is 0 Å². The molecule has 0 bridgehead atoms. The third-order valence-corrected chi connectivity index (χ3v) is 1.96. The summed E-state index contributed by atoms with van der Waals surface area (Å²) >= 11 is 0. The second-order valence-corrected chi connectivity index (χ2v) is 4.26. The first-order valence-electron chi connectivity index (χ1n) is 3.92. The van der Waals surface area contributed by atoms with Crippen LogP contribution in [0.25, 0.3) is 0 Å². The molecule has 1 atom stereocenters. The standard InChI is InChI=1S/C6H12N2O6S/c7-4(6(10)11)1-2-5(9)8-3-15(12,13)14/h4H,1-3,7H2,(H,8,9)(H,10,11)(H,12,13,14)/t4-/m1/s1. The molecule has 0 aromatic carbocycles. The molecule has 0 unspecified atom stereocenters. The molecule has 0 radical (unpaired) electrons. The molecule has 5 N–H and O–H groups in total. The minimum Gasteiger partial charge on any atom is -0.480 e. The molecule has 0 rings (SSSR count). The first-order chi connectivity index (χ1) is 6.72. The van der Waals surface area contributed by atoms with Gasteiger partial charge in [-0.15, -0.1) is 0 Å². The van der Waals surface area contributed by atoms with E-state index in [9.17, 15) is 18.0 Å². The van der Waals surface area contributed by atoms with Crippen molar-refractivity contribution in [3.05, 3.63) is 0 Å². The van der Waals surface area contributed by atoms with Gasteiger partial charge in [0.15, 0.2) is 0 Å². The molecule has 0 aliphatic heterocycles. The number of rotatable bonds is 6. The molecule has 0 spiro atoms. The fourth-order valence-electron chi connectivity index (χ4n) is 0.670. The Kier molecular flexibility index (Phi) is 5.19. The van der Waals surface area contributed by atoms with E-state index >= 15 is 0 Å². The minimum absolute atomic E-state index is 0.105. The van der Waals surface area contributed by atoms with Gasteiger partial charge in [0.2, 0.25) is 5.91 Å². The fraction of sp³-hybridized carbons (Fsp3) is 0.667. The summed E-state index contributed by atoms with van der Waals surface area (Å²) < 4.78 is 28.7. The van der Waals surface area contributed by atoms with Crippen molar-refractivity contribution < 1.29 is 27.7 Å². The summed E-state index contributed by atoms with van der Waals surface area (Å²) in [6, 6.07) is -1.17. The van der Waals surface area contributed by atoms with Gasteiger partial charge in [-0.3, -0.25) is 14.1 Å². The highest BCUT2D eigenvalue weighted by Gasteiger charge is 2.14. The molecule has 8 nitrogen and oxygen atoms in total. The Morgan fingerprint density at radius 3 is 2.33 bits per heavy atom. The maximum absolute atomic E-state index is 10.9. The quantitative estimate of drug-likeness (QED) is 0.398. The van der Waals surface area contributed by atoms with E-state index in [0.717, 1.165) is 0 Å². The van der Waals surface area contributed by atoms with Crippen molar-refractivity contribution in [2.45, 2.75) is 18.9 Å². The highest BCUT2D eigenvalue weighted by molar-refractivity contribution is 7.85. The number of amides is 1. The number of carboxylic acid groups (broad SMARTS) is 1. The molecule has 0 aromatic rings. The van der Waals surface area contributed by atoms with E-state index in [4.69, 9.17) is 15.4 Å². The number of aliphatic carboxylic acids is 1. The van der Waals surface area contributed by atoms with Crippen LogP contribution in [0.1, 0.15) is 12.8 Å². The van der Waals surface area contributed by atoms with Crippen LogP contribution in [0.4, 0.5) is 0 Å². The van der Waals surface area contributed by atoms with E-state index in [-0.39, 0.29) is 12.8 Å². The Balaban J connectivity index is 3.82. The van der Waals surface area contributed by atoms with Gasteiger partial charge >= 0.3 is 5.97 Å². The zero-order valence-corrected chi connectivity index (χ0v) is 8.53. The topological polar surface area (TPSA) is 147 Å². The van der Waals surface area contributed by atoms with Crippen LogP contribution in [-0.4, -0.2) is 41.9 Å². The Hall–Kier alpha value is -1.19. The number of carbonyl (C=O) groups excluding carboxylic acids is 1. The van der Waals surface area contributed by atoms with Gasteiger partial charge in [-0.05, 0) is 6.42 Å². The first-order valence-corrected chi connectivity index (χ1v) is 5.53. The minimum atomic E-state index is -4.25. The molecule has 1 amide bonds. The van der Waals surface area contributed by atoms with Crippen LogP contribution < -0.4 is 11.1 Å². The van der Waals surface area contributed by atoms with Gasteiger partial charge < -0.3 is 16.2 Å². The molecule has 9 heteroatoms. The number of hydrogen-bond acceptors (Lipinski definition) is 5. The molecule has 15 heavy (non-hydrogen) atoms. The first kappa shape index (κ1) is 13.8. The molecule has 0 heterocycles. The van der Waals surface area contributed by atoms with Gasteiger partial charge in [0.25, 0.3) is 10.1 Å². The summed E-state index contributed by atoms with van der Waals surface area (Å²) in [5, 5.41) is 10.3. The Bertz CT molecular complexity index is 338. The molecule has 0 fully saturated rings. The SMILES string of the molecule is N[C@H](CCC(=O)NCS(=O)(=O)O)C(=O)O. The monoisotopic (exact) mass is 240 g/mol. The molecule has 88 valence electrons. The summed E-state index contributed by atoms with van der Waals surface area (Å²) in [7, 11) is -4.25. The van der Waals surface area contributed by atoms with Crippen LogP contribution in [-0.2, 0) is 19.7 Å². The maximum Gasteiger partial charge on any atom is 0.320 e. The Morgan fingerprint density at radius 2 is 1.93 bits per heavy atom. The van der Waals surface area contributed by atoms with E-state index in [2.05, 4.69) is 0 Å². The number of carboxylic acids is 1. The summed E-state index contributed by atoms with van der Waals surface area (Å²) in [5.74, 6) is -2.82.